The van der Waals surface area contributed by atoms with Crippen LogP contribution in [0.3, 0.4) is 0 Å². The number of aliphatic hydroxyl groups excluding tert-OH is 1. The fraction of sp³-hybridized carbons (Fsp3) is 0.786. The predicted molar refractivity (Wildman–Crippen MR) is 75.3 cm³/mol. The van der Waals surface area contributed by atoms with Crippen LogP contribution in [0.15, 0.2) is 0 Å². The summed E-state index contributed by atoms with van der Waals surface area (Å²) in [7, 11) is 0. The van der Waals surface area contributed by atoms with Gasteiger partial charge < -0.3 is 15.3 Å². The maximum Gasteiger partial charge on any atom is 0.325 e. The molecule has 2 aliphatic rings. The van der Waals surface area contributed by atoms with Gasteiger partial charge >= 0.3 is 6.03 Å². The van der Waals surface area contributed by atoms with Crippen LogP contribution >= 0.6 is 0 Å². The average molecular weight is 297 g/mol. The molecule has 2 fully saturated rings. The Morgan fingerprint density at radius 2 is 2.00 bits per heavy atom. The molecule has 0 aromatic carbocycles. The first-order chi connectivity index (χ1) is 9.91. The van der Waals surface area contributed by atoms with E-state index in [9.17, 15) is 14.4 Å². The summed E-state index contributed by atoms with van der Waals surface area (Å²) in [4.78, 5) is 39.0. The third kappa shape index (κ3) is 3.02. The van der Waals surface area contributed by atoms with E-state index in [1.807, 2.05) is 6.92 Å². The molecule has 1 unspecified atom stereocenters. The third-order valence-corrected chi connectivity index (χ3v) is 4.57. The van der Waals surface area contributed by atoms with Crippen molar-refractivity contribution in [1.82, 2.24) is 15.1 Å². The maximum atomic E-state index is 12.2. The quantitative estimate of drug-likeness (QED) is 0.711. The SMILES string of the molecule is CCC1(C)NC(=O)N(CC(=O)N2CCC(CO)CC2)C1=O. The Morgan fingerprint density at radius 1 is 1.38 bits per heavy atom. The molecule has 4 amide bonds. The second kappa shape index (κ2) is 6.01. The van der Waals surface area contributed by atoms with Crippen molar-refractivity contribution in [2.75, 3.05) is 26.2 Å². The zero-order valence-corrected chi connectivity index (χ0v) is 12.6. The summed E-state index contributed by atoms with van der Waals surface area (Å²) in [5.74, 6) is -0.307. The summed E-state index contributed by atoms with van der Waals surface area (Å²) in [5, 5.41) is 11.7. The normalized spacial score (nSPS) is 27.2. The van der Waals surface area contributed by atoms with E-state index in [0.717, 1.165) is 17.7 Å². The Morgan fingerprint density at radius 3 is 2.48 bits per heavy atom. The first-order valence-electron chi connectivity index (χ1n) is 7.44. The molecule has 2 rings (SSSR count). The van der Waals surface area contributed by atoms with Crippen molar-refractivity contribution in [3.63, 3.8) is 0 Å². The number of piperidine rings is 1. The zero-order valence-electron chi connectivity index (χ0n) is 12.6. The lowest BCUT2D eigenvalue weighted by molar-refractivity contribution is -0.139. The average Bonchev–Trinajstić information content (AvgIpc) is 2.71. The third-order valence-electron chi connectivity index (χ3n) is 4.57. The Bertz CT molecular complexity index is 446. The molecule has 0 spiro atoms. The van der Waals surface area contributed by atoms with E-state index in [0.29, 0.717) is 19.5 Å². The molecule has 0 bridgehead atoms. The number of likely N-dealkylation sites (tertiary alicyclic amines) is 1. The van der Waals surface area contributed by atoms with E-state index < -0.39 is 11.6 Å². The second-order valence-corrected chi connectivity index (χ2v) is 6.01. The van der Waals surface area contributed by atoms with Gasteiger partial charge in [-0.25, -0.2) is 4.79 Å². The molecule has 21 heavy (non-hydrogen) atoms. The van der Waals surface area contributed by atoms with Crippen LogP contribution in [0.4, 0.5) is 4.79 Å². The minimum absolute atomic E-state index is 0.143. The number of hydrogen-bond acceptors (Lipinski definition) is 4. The van der Waals surface area contributed by atoms with E-state index in [1.54, 1.807) is 11.8 Å². The number of imide groups is 1. The van der Waals surface area contributed by atoms with Crippen molar-refractivity contribution >= 4 is 17.8 Å². The number of carbonyl (C=O) groups excluding carboxylic acids is 3. The van der Waals surface area contributed by atoms with Crippen LogP contribution < -0.4 is 5.32 Å². The molecule has 2 saturated heterocycles. The van der Waals surface area contributed by atoms with Crippen molar-refractivity contribution in [2.24, 2.45) is 5.92 Å². The molecule has 118 valence electrons. The standard InChI is InChI=1S/C14H23N3O4/c1-3-14(2)12(20)17(13(21)15-14)8-11(19)16-6-4-10(9-18)5-7-16/h10,18H,3-9H2,1-2H3,(H,15,21). The van der Waals surface area contributed by atoms with E-state index in [1.165, 1.54) is 0 Å². The van der Waals surface area contributed by atoms with Crippen LogP contribution in [0.5, 0.6) is 0 Å². The Balaban J connectivity index is 1.94. The summed E-state index contributed by atoms with van der Waals surface area (Å²) in [6.07, 6.45) is 2.01. The van der Waals surface area contributed by atoms with Crippen LogP contribution in [0.2, 0.25) is 0 Å². The monoisotopic (exact) mass is 297 g/mol. The van der Waals surface area contributed by atoms with Gasteiger partial charge in [-0.3, -0.25) is 14.5 Å². The van der Waals surface area contributed by atoms with Gasteiger partial charge in [-0.15, -0.1) is 0 Å². The van der Waals surface area contributed by atoms with Crippen LogP contribution in [-0.4, -0.2) is 64.5 Å². The lowest BCUT2D eigenvalue weighted by atomic mass is 9.98. The van der Waals surface area contributed by atoms with Crippen molar-refractivity contribution in [3.05, 3.63) is 0 Å². The Hall–Kier alpha value is -1.63. The van der Waals surface area contributed by atoms with Crippen molar-refractivity contribution < 1.29 is 19.5 Å². The molecule has 0 radical (unpaired) electrons. The highest BCUT2D eigenvalue weighted by Gasteiger charge is 2.47. The molecule has 7 heteroatoms. The molecule has 7 nitrogen and oxygen atoms in total. The van der Waals surface area contributed by atoms with Crippen LogP contribution in [-0.2, 0) is 9.59 Å². The number of hydrogen-bond donors (Lipinski definition) is 2. The lowest BCUT2D eigenvalue weighted by Crippen LogP contribution is -2.47. The topological polar surface area (TPSA) is 90.0 Å². The number of amides is 4. The summed E-state index contributed by atoms with van der Waals surface area (Å²) >= 11 is 0. The number of urea groups is 1. The van der Waals surface area contributed by atoms with Gasteiger partial charge in [0.05, 0.1) is 0 Å². The fourth-order valence-corrected chi connectivity index (χ4v) is 2.73. The maximum absolute atomic E-state index is 12.2. The fourth-order valence-electron chi connectivity index (χ4n) is 2.73. The molecule has 2 heterocycles. The zero-order chi connectivity index (χ0) is 15.6. The van der Waals surface area contributed by atoms with Gasteiger partial charge in [0.15, 0.2) is 0 Å². The summed E-state index contributed by atoms with van der Waals surface area (Å²) in [5.41, 5.74) is -0.902. The Labute approximate surface area is 124 Å². The smallest absolute Gasteiger partial charge is 0.325 e. The summed E-state index contributed by atoms with van der Waals surface area (Å²) in [6.45, 7) is 4.57. The number of carbonyl (C=O) groups is 3. The molecule has 0 saturated carbocycles. The van der Waals surface area contributed by atoms with Gasteiger partial charge in [0, 0.05) is 19.7 Å². The first-order valence-corrected chi connectivity index (χ1v) is 7.44. The number of aliphatic hydroxyl groups is 1. The minimum atomic E-state index is -0.902. The van der Waals surface area contributed by atoms with E-state index in [4.69, 9.17) is 5.11 Å². The van der Waals surface area contributed by atoms with Gasteiger partial charge in [-0.2, -0.15) is 0 Å². The lowest BCUT2D eigenvalue weighted by Gasteiger charge is -2.32. The van der Waals surface area contributed by atoms with Gasteiger partial charge in [0.2, 0.25) is 5.91 Å². The van der Waals surface area contributed by atoms with Crippen LogP contribution in [0, 0.1) is 5.92 Å². The Kier molecular flexibility index (Phi) is 4.51. The van der Waals surface area contributed by atoms with Gasteiger partial charge in [0.25, 0.3) is 5.91 Å². The van der Waals surface area contributed by atoms with Gasteiger partial charge in [-0.05, 0) is 32.1 Å². The van der Waals surface area contributed by atoms with Crippen LogP contribution in [0.25, 0.3) is 0 Å². The number of nitrogens with one attached hydrogen (secondary N) is 1. The van der Waals surface area contributed by atoms with Crippen molar-refractivity contribution in [1.29, 1.82) is 0 Å². The highest BCUT2D eigenvalue weighted by molar-refractivity contribution is 6.08. The van der Waals surface area contributed by atoms with Crippen molar-refractivity contribution in [2.45, 2.75) is 38.6 Å². The first kappa shape index (κ1) is 15.8. The minimum Gasteiger partial charge on any atom is -0.396 e. The molecule has 2 aliphatic heterocycles. The largest absolute Gasteiger partial charge is 0.396 e. The highest BCUT2D eigenvalue weighted by Crippen LogP contribution is 2.21. The summed E-state index contributed by atoms with van der Waals surface area (Å²) < 4.78 is 0. The number of rotatable bonds is 4. The van der Waals surface area contributed by atoms with Gasteiger partial charge in [0.1, 0.15) is 12.1 Å². The predicted octanol–water partition coefficient (Wildman–Crippen LogP) is -0.0622. The van der Waals surface area contributed by atoms with Crippen LogP contribution in [0.1, 0.15) is 33.1 Å². The van der Waals surface area contributed by atoms with E-state index >= 15 is 0 Å². The number of nitrogens with zero attached hydrogens (tertiary/aromatic N) is 2. The molecule has 0 aromatic heterocycles. The molecular weight excluding hydrogens is 274 g/mol. The van der Waals surface area contributed by atoms with Gasteiger partial charge in [-0.1, -0.05) is 6.92 Å². The summed E-state index contributed by atoms with van der Waals surface area (Å²) in [6, 6.07) is -0.497. The van der Waals surface area contributed by atoms with E-state index in [-0.39, 0.29) is 30.9 Å². The molecule has 1 atom stereocenters. The molecule has 2 N–H and O–H groups in total. The molecular formula is C14H23N3O4. The highest BCUT2D eigenvalue weighted by atomic mass is 16.3. The molecule has 0 aromatic rings. The molecule has 0 aliphatic carbocycles. The second-order valence-electron chi connectivity index (χ2n) is 6.01. The van der Waals surface area contributed by atoms with E-state index in [2.05, 4.69) is 5.32 Å². The van der Waals surface area contributed by atoms with Crippen molar-refractivity contribution in [3.8, 4) is 0 Å².